The Balaban J connectivity index is 1.85. The van der Waals surface area contributed by atoms with Crippen LogP contribution in [0.5, 0.6) is 0 Å². The fourth-order valence-electron chi connectivity index (χ4n) is 5.41. The molecule has 0 amide bonds. The number of hydrogen-bond donors (Lipinski definition) is 1. The van der Waals surface area contributed by atoms with Gasteiger partial charge in [-0.15, -0.1) is 0 Å². The quantitative estimate of drug-likeness (QED) is 0.649. The van der Waals surface area contributed by atoms with Crippen LogP contribution >= 0.6 is 7.37 Å². The number of alkyl halides is 3. The molecule has 0 heterocycles. The van der Waals surface area contributed by atoms with Gasteiger partial charge in [0.15, 0.2) is 0 Å². The summed E-state index contributed by atoms with van der Waals surface area (Å²) in [5.74, 6) is 0.0101. The SMILES string of the molecule is O=P(O)(C1CCC(F)CC1)C1(C2CCC(F)CC2)CCC(F)CC1. The first-order valence-electron chi connectivity index (χ1n) is 9.60. The molecule has 1 unspecified atom stereocenters. The molecule has 1 atom stereocenters. The predicted octanol–water partition coefficient (Wildman–Crippen LogP) is 5.72. The Morgan fingerprint density at radius 1 is 0.708 bits per heavy atom. The standard InChI is InChI=1S/C18H30F3O2P/c19-14-3-1-13(2-4-14)18(11-9-16(21)10-12-18)24(22,23)17-7-5-15(20)6-8-17/h13-17H,1-12H2,(H,22,23). The average Bonchev–Trinajstić information content (AvgIpc) is 2.57. The van der Waals surface area contributed by atoms with Crippen LogP contribution in [0.3, 0.4) is 0 Å². The number of rotatable bonds is 3. The fraction of sp³-hybridized carbons (Fsp3) is 1.00. The van der Waals surface area contributed by atoms with E-state index in [9.17, 15) is 22.6 Å². The molecule has 0 aromatic heterocycles. The molecule has 2 nitrogen and oxygen atoms in total. The van der Waals surface area contributed by atoms with E-state index in [0.29, 0.717) is 77.0 Å². The fourth-order valence-corrected chi connectivity index (χ4v) is 8.82. The Hall–Kier alpha value is -0.0200. The van der Waals surface area contributed by atoms with Crippen LogP contribution in [0.15, 0.2) is 0 Å². The molecular weight excluding hydrogens is 336 g/mol. The highest BCUT2D eigenvalue weighted by Crippen LogP contribution is 2.70. The maximum absolute atomic E-state index is 13.8. The molecule has 0 aromatic carbocycles. The van der Waals surface area contributed by atoms with E-state index in [1.807, 2.05) is 0 Å². The number of hydrogen-bond acceptors (Lipinski definition) is 1. The predicted molar refractivity (Wildman–Crippen MR) is 89.9 cm³/mol. The normalized spacial score (nSPS) is 47.1. The lowest BCUT2D eigenvalue weighted by Gasteiger charge is -2.51. The van der Waals surface area contributed by atoms with Crippen LogP contribution in [0.25, 0.3) is 0 Å². The minimum absolute atomic E-state index is 0.0101. The van der Waals surface area contributed by atoms with Gasteiger partial charge >= 0.3 is 0 Å². The molecule has 3 rings (SSSR count). The minimum Gasteiger partial charge on any atom is -0.344 e. The van der Waals surface area contributed by atoms with Gasteiger partial charge in [-0.05, 0) is 83.0 Å². The van der Waals surface area contributed by atoms with Crippen LogP contribution in [0, 0.1) is 5.92 Å². The van der Waals surface area contributed by atoms with Gasteiger partial charge in [-0.2, -0.15) is 0 Å². The first kappa shape index (κ1) is 18.8. The minimum atomic E-state index is -3.57. The summed E-state index contributed by atoms with van der Waals surface area (Å²) >= 11 is 0. The van der Waals surface area contributed by atoms with E-state index in [1.54, 1.807) is 0 Å². The average molecular weight is 366 g/mol. The summed E-state index contributed by atoms with van der Waals surface area (Å²) in [6, 6.07) is 0. The van der Waals surface area contributed by atoms with Gasteiger partial charge < -0.3 is 4.89 Å². The Morgan fingerprint density at radius 2 is 1.12 bits per heavy atom. The second-order valence-electron chi connectivity index (χ2n) is 8.26. The van der Waals surface area contributed by atoms with Crippen molar-refractivity contribution in [3.8, 4) is 0 Å². The molecule has 0 spiro atoms. The summed E-state index contributed by atoms with van der Waals surface area (Å²) in [5, 5.41) is -0.760. The first-order valence-corrected chi connectivity index (χ1v) is 11.3. The van der Waals surface area contributed by atoms with Crippen molar-refractivity contribution in [1.29, 1.82) is 0 Å². The van der Waals surface area contributed by atoms with E-state index in [1.165, 1.54) is 0 Å². The van der Waals surface area contributed by atoms with Crippen LogP contribution in [0.2, 0.25) is 0 Å². The van der Waals surface area contributed by atoms with Crippen molar-refractivity contribution in [3.63, 3.8) is 0 Å². The van der Waals surface area contributed by atoms with E-state index in [2.05, 4.69) is 0 Å². The van der Waals surface area contributed by atoms with Gasteiger partial charge in [-0.1, -0.05) is 0 Å². The number of halogens is 3. The van der Waals surface area contributed by atoms with Crippen LogP contribution in [0.1, 0.15) is 77.0 Å². The molecular formula is C18H30F3O2P. The summed E-state index contributed by atoms with van der Waals surface area (Å²) in [6.45, 7) is 0. The lowest BCUT2D eigenvalue weighted by molar-refractivity contribution is 0.120. The summed E-state index contributed by atoms with van der Waals surface area (Å²) in [5.41, 5.74) is -0.358. The first-order chi connectivity index (χ1) is 11.3. The molecule has 6 heteroatoms. The maximum Gasteiger partial charge on any atom is 0.209 e. The zero-order valence-corrected chi connectivity index (χ0v) is 15.2. The monoisotopic (exact) mass is 366 g/mol. The highest BCUT2D eigenvalue weighted by molar-refractivity contribution is 7.60. The second kappa shape index (κ2) is 7.31. The van der Waals surface area contributed by atoms with Crippen molar-refractivity contribution in [2.75, 3.05) is 0 Å². The summed E-state index contributed by atoms with van der Waals surface area (Å²) < 4.78 is 54.5. The van der Waals surface area contributed by atoms with Crippen molar-refractivity contribution in [2.24, 2.45) is 5.92 Å². The van der Waals surface area contributed by atoms with E-state index >= 15 is 0 Å². The summed E-state index contributed by atoms with van der Waals surface area (Å²) in [7, 11) is -3.57. The van der Waals surface area contributed by atoms with E-state index in [0.717, 1.165) is 0 Å². The molecule has 0 aromatic rings. The molecule has 140 valence electrons. The van der Waals surface area contributed by atoms with Crippen LogP contribution in [0.4, 0.5) is 13.2 Å². The Morgan fingerprint density at radius 3 is 1.62 bits per heavy atom. The summed E-state index contributed by atoms with van der Waals surface area (Å²) in [4.78, 5) is 11.2. The van der Waals surface area contributed by atoms with Crippen molar-refractivity contribution >= 4 is 7.37 Å². The van der Waals surface area contributed by atoms with Crippen molar-refractivity contribution in [2.45, 2.75) is 106 Å². The Bertz CT molecular complexity index is 463. The lowest BCUT2D eigenvalue weighted by atomic mass is 9.72. The van der Waals surface area contributed by atoms with Gasteiger partial charge in [0.2, 0.25) is 7.37 Å². The van der Waals surface area contributed by atoms with Crippen molar-refractivity contribution < 1.29 is 22.6 Å². The molecule has 3 aliphatic rings. The van der Waals surface area contributed by atoms with Crippen LogP contribution < -0.4 is 0 Å². The van der Waals surface area contributed by atoms with Gasteiger partial charge in [0, 0.05) is 5.66 Å². The van der Waals surface area contributed by atoms with Crippen LogP contribution in [-0.2, 0) is 4.57 Å². The summed E-state index contributed by atoms with van der Waals surface area (Å²) in [6.07, 6.45) is 2.72. The third-order valence-electron chi connectivity index (χ3n) is 6.96. The van der Waals surface area contributed by atoms with E-state index in [4.69, 9.17) is 0 Å². The Labute approximate surface area is 143 Å². The van der Waals surface area contributed by atoms with Crippen molar-refractivity contribution in [1.82, 2.24) is 0 Å². The molecule has 0 radical (unpaired) electrons. The third-order valence-corrected chi connectivity index (χ3v) is 10.6. The van der Waals surface area contributed by atoms with Gasteiger partial charge in [0.25, 0.3) is 0 Å². The second-order valence-corrected chi connectivity index (χ2v) is 11.1. The zero-order chi connectivity index (χ0) is 17.4. The van der Waals surface area contributed by atoms with Gasteiger partial charge in [0.1, 0.15) is 18.5 Å². The maximum atomic E-state index is 13.8. The van der Waals surface area contributed by atoms with E-state index in [-0.39, 0.29) is 11.6 Å². The van der Waals surface area contributed by atoms with Gasteiger partial charge in [-0.3, -0.25) is 4.57 Å². The molecule has 3 aliphatic carbocycles. The molecule has 24 heavy (non-hydrogen) atoms. The molecule has 3 fully saturated rings. The van der Waals surface area contributed by atoms with Gasteiger partial charge in [0.05, 0.1) is 5.16 Å². The molecule has 0 bridgehead atoms. The van der Waals surface area contributed by atoms with Crippen LogP contribution in [-0.4, -0.2) is 34.2 Å². The van der Waals surface area contributed by atoms with Crippen molar-refractivity contribution in [3.05, 3.63) is 0 Å². The Kier molecular flexibility index (Phi) is 5.71. The van der Waals surface area contributed by atoms with Gasteiger partial charge in [-0.25, -0.2) is 13.2 Å². The smallest absolute Gasteiger partial charge is 0.209 e. The lowest BCUT2D eigenvalue weighted by Crippen LogP contribution is -2.46. The molecule has 1 N–H and O–H groups in total. The van der Waals surface area contributed by atoms with E-state index < -0.39 is 31.0 Å². The molecule has 0 aliphatic heterocycles. The molecule has 0 saturated heterocycles. The third kappa shape index (κ3) is 3.45. The largest absolute Gasteiger partial charge is 0.344 e. The molecule has 3 saturated carbocycles. The zero-order valence-electron chi connectivity index (χ0n) is 14.3. The topological polar surface area (TPSA) is 37.3 Å². The highest BCUT2D eigenvalue weighted by atomic mass is 31.2. The highest BCUT2D eigenvalue weighted by Gasteiger charge is 2.57.